The zero-order valence-electron chi connectivity index (χ0n) is 12.1. The fourth-order valence-corrected chi connectivity index (χ4v) is 2.00. The number of rotatable bonds is 7. The van der Waals surface area contributed by atoms with Crippen LogP contribution in [-0.2, 0) is 11.2 Å². The van der Waals surface area contributed by atoms with E-state index in [2.05, 4.69) is 41.3 Å². The van der Waals surface area contributed by atoms with E-state index in [9.17, 15) is 4.79 Å². The number of hydrogen-bond acceptors (Lipinski definition) is 4. The van der Waals surface area contributed by atoms with Gasteiger partial charge in [-0.2, -0.15) is 5.10 Å². The van der Waals surface area contributed by atoms with Crippen LogP contribution >= 0.6 is 0 Å². The minimum absolute atomic E-state index is 0.0225. The standard InChI is InChI=1S/C13H25N5O/c1-13(2,3)8-10(14)7-12(19)15-6-4-5-11-16-9-17-18-11/h9-10H,4-8,14H2,1-3H3,(H,15,19)(H,16,17,18). The topological polar surface area (TPSA) is 96.7 Å². The van der Waals surface area contributed by atoms with Gasteiger partial charge in [0.2, 0.25) is 5.91 Å². The van der Waals surface area contributed by atoms with Crippen LogP contribution < -0.4 is 11.1 Å². The molecule has 1 unspecified atom stereocenters. The van der Waals surface area contributed by atoms with Crippen molar-refractivity contribution in [3.8, 4) is 0 Å². The largest absolute Gasteiger partial charge is 0.356 e. The summed E-state index contributed by atoms with van der Waals surface area (Å²) in [5.41, 5.74) is 6.12. The van der Waals surface area contributed by atoms with Crippen LogP contribution in [0.25, 0.3) is 0 Å². The van der Waals surface area contributed by atoms with E-state index >= 15 is 0 Å². The lowest BCUT2D eigenvalue weighted by molar-refractivity contribution is -0.121. The number of carbonyl (C=O) groups excluding carboxylic acids is 1. The summed E-state index contributed by atoms with van der Waals surface area (Å²) in [4.78, 5) is 15.7. The minimum atomic E-state index is -0.0747. The molecule has 0 bridgehead atoms. The number of H-pyrrole nitrogens is 1. The lowest BCUT2D eigenvalue weighted by atomic mass is 9.87. The zero-order chi connectivity index (χ0) is 14.3. The maximum Gasteiger partial charge on any atom is 0.221 e. The summed E-state index contributed by atoms with van der Waals surface area (Å²) in [5.74, 6) is 0.869. The number of carbonyl (C=O) groups is 1. The smallest absolute Gasteiger partial charge is 0.221 e. The van der Waals surface area contributed by atoms with Gasteiger partial charge in [-0.25, -0.2) is 4.98 Å². The highest BCUT2D eigenvalue weighted by atomic mass is 16.1. The van der Waals surface area contributed by atoms with Gasteiger partial charge >= 0.3 is 0 Å². The van der Waals surface area contributed by atoms with Crippen molar-refractivity contribution in [2.45, 2.75) is 52.5 Å². The number of aryl methyl sites for hydroxylation is 1. The highest BCUT2D eigenvalue weighted by Gasteiger charge is 2.17. The molecule has 0 aliphatic carbocycles. The fourth-order valence-electron chi connectivity index (χ4n) is 2.00. The van der Waals surface area contributed by atoms with Gasteiger partial charge in [0.05, 0.1) is 0 Å². The molecule has 1 aromatic rings. The summed E-state index contributed by atoms with van der Waals surface area (Å²) >= 11 is 0. The average molecular weight is 267 g/mol. The van der Waals surface area contributed by atoms with Crippen molar-refractivity contribution >= 4 is 5.91 Å². The van der Waals surface area contributed by atoms with Crippen molar-refractivity contribution in [2.75, 3.05) is 6.54 Å². The molecule has 1 aromatic heterocycles. The van der Waals surface area contributed by atoms with E-state index in [0.29, 0.717) is 13.0 Å². The molecule has 108 valence electrons. The number of nitrogens with zero attached hydrogens (tertiary/aromatic N) is 2. The van der Waals surface area contributed by atoms with Crippen LogP contribution in [0.4, 0.5) is 0 Å². The second-order valence-corrected chi connectivity index (χ2v) is 6.11. The Morgan fingerprint density at radius 2 is 2.26 bits per heavy atom. The van der Waals surface area contributed by atoms with Crippen LogP contribution in [0.15, 0.2) is 6.33 Å². The molecule has 1 heterocycles. The molecular weight excluding hydrogens is 242 g/mol. The zero-order valence-corrected chi connectivity index (χ0v) is 12.1. The Bertz CT molecular complexity index is 369. The van der Waals surface area contributed by atoms with E-state index in [1.807, 2.05) is 0 Å². The molecule has 0 aromatic carbocycles. The summed E-state index contributed by atoms with van der Waals surface area (Å²) < 4.78 is 0. The summed E-state index contributed by atoms with van der Waals surface area (Å²) in [6, 6.07) is -0.0747. The van der Waals surface area contributed by atoms with Gasteiger partial charge in [-0.15, -0.1) is 0 Å². The molecular formula is C13H25N5O. The highest BCUT2D eigenvalue weighted by Crippen LogP contribution is 2.20. The Hall–Kier alpha value is -1.43. The summed E-state index contributed by atoms with van der Waals surface area (Å²) in [6.07, 6.45) is 4.35. The summed E-state index contributed by atoms with van der Waals surface area (Å²) in [5, 5.41) is 9.44. The first-order valence-corrected chi connectivity index (χ1v) is 6.73. The SMILES string of the molecule is CC(C)(C)CC(N)CC(=O)NCCCc1ncn[nH]1. The fraction of sp³-hybridized carbons (Fsp3) is 0.769. The second kappa shape index (κ2) is 7.23. The van der Waals surface area contributed by atoms with Crippen LogP contribution in [0.3, 0.4) is 0 Å². The van der Waals surface area contributed by atoms with Gasteiger partial charge in [0, 0.05) is 25.4 Å². The van der Waals surface area contributed by atoms with Crippen molar-refractivity contribution in [1.29, 1.82) is 0 Å². The molecule has 1 atom stereocenters. The molecule has 6 heteroatoms. The molecule has 1 amide bonds. The molecule has 19 heavy (non-hydrogen) atoms. The van der Waals surface area contributed by atoms with Gasteiger partial charge in [-0.1, -0.05) is 20.8 Å². The quantitative estimate of drug-likeness (QED) is 0.642. The molecule has 6 nitrogen and oxygen atoms in total. The Balaban J connectivity index is 2.10. The monoisotopic (exact) mass is 267 g/mol. The predicted octanol–water partition coefficient (Wildman–Crippen LogP) is 1.01. The van der Waals surface area contributed by atoms with Crippen molar-refractivity contribution in [3.05, 3.63) is 12.2 Å². The minimum Gasteiger partial charge on any atom is -0.356 e. The number of nitrogens with one attached hydrogen (secondary N) is 2. The van der Waals surface area contributed by atoms with E-state index in [1.165, 1.54) is 6.33 Å². The summed E-state index contributed by atoms with van der Waals surface area (Å²) in [7, 11) is 0. The van der Waals surface area contributed by atoms with Gasteiger partial charge < -0.3 is 11.1 Å². The van der Waals surface area contributed by atoms with E-state index in [-0.39, 0.29) is 17.4 Å². The summed E-state index contributed by atoms with van der Waals surface area (Å²) in [6.45, 7) is 7.02. The van der Waals surface area contributed by atoms with Gasteiger partial charge in [0.15, 0.2) is 0 Å². The van der Waals surface area contributed by atoms with Crippen LogP contribution in [0.2, 0.25) is 0 Å². The van der Waals surface area contributed by atoms with E-state index in [0.717, 1.165) is 25.1 Å². The molecule has 0 radical (unpaired) electrons. The van der Waals surface area contributed by atoms with Crippen LogP contribution in [0.5, 0.6) is 0 Å². The third-order valence-corrected chi connectivity index (χ3v) is 2.70. The number of nitrogens with two attached hydrogens (primary N) is 1. The lowest BCUT2D eigenvalue weighted by Gasteiger charge is -2.22. The van der Waals surface area contributed by atoms with Crippen molar-refractivity contribution in [1.82, 2.24) is 20.5 Å². The van der Waals surface area contributed by atoms with Crippen LogP contribution in [0, 0.1) is 5.41 Å². The molecule has 0 fully saturated rings. The maximum absolute atomic E-state index is 11.7. The molecule has 0 saturated carbocycles. The number of amides is 1. The Morgan fingerprint density at radius 1 is 1.53 bits per heavy atom. The molecule has 1 rings (SSSR count). The van der Waals surface area contributed by atoms with E-state index in [1.54, 1.807) is 0 Å². The van der Waals surface area contributed by atoms with E-state index < -0.39 is 0 Å². The van der Waals surface area contributed by atoms with Crippen LogP contribution in [-0.4, -0.2) is 33.7 Å². The second-order valence-electron chi connectivity index (χ2n) is 6.11. The molecule has 0 saturated heterocycles. The molecule has 0 aliphatic rings. The third kappa shape index (κ3) is 7.56. The first-order valence-electron chi connectivity index (χ1n) is 6.73. The van der Waals surface area contributed by atoms with Crippen LogP contribution in [0.1, 0.15) is 45.9 Å². The van der Waals surface area contributed by atoms with E-state index in [4.69, 9.17) is 5.73 Å². The van der Waals surface area contributed by atoms with Gasteiger partial charge in [0.25, 0.3) is 0 Å². The molecule has 0 spiro atoms. The van der Waals surface area contributed by atoms with Gasteiger partial charge in [0.1, 0.15) is 12.2 Å². The van der Waals surface area contributed by atoms with Crippen molar-refractivity contribution in [2.24, 2.45) is 11.1 Å². The normalized spacial score (nSPS) is 13.3. The highest BCUT2D eigenvalue weighted by molar-refractivity contribution is 5.76. The Morgan fingerprint density at radius 3 is 2.84 bits per heavy atom. The average Bonchev–Trinajstić information content (AvgIpc) is 2.74. The Kier molecular flexibility index (Phi) is 5.95. The molecule has 0 aliphatic heterocycles. The molecule has 4 N–H and O–H groups in total. The first kappa shape index (κ1) is 15.6. The third-order valence-electron chi connectivity index (χ3n) is 2.70. The van der Waals surface area contributed by atoms with Gasteiger partial charge in [-0.3, -0.25) is 9.89 Å². The number of aromatic amines is 1. The van der Waals surface area contributed by atoms with Crippen molar-refractivity contribution < 1.29 is 4.79 Å². The lowest BCUT2D eigenvalue weighted by Crippen LogP contribution is -2.34. The predicted molar refractivity (Wildman–Crippen MR) is 74.4 cm³/mol. The maximum atomic E-state index is 11.7. The van der Waals surface area contributed by atoms with Gasteiger partial charge in [-0.05, 0) is 18.3 Å². The number of aromatic nitrogens is 3. The Labute approximate surface area is 114 Å². The van der Waals surface area contributed by atoms with Crippen molar-refractivity contribution in [3.63, 3.8) is 0 Å². The first-order chi connectivity index (χ1) is 8.87. The number of hydrogen-bond donors (Lipinski definition) is 3.